The molecule has 3 aromatic carbocycles. The van der Waals surface area contributed by atoms with Gasteiger partial charge in [0.2, 0.25) is 5.78 Å². The summed E-state index contributed by atoms with van der Waals surface area (Å²) in [6.07, 6.45) is 1.84. The third-order valence-electron chi connectivity index (χ3n) is 4.68. The summed E-state index contributed by atoms with van der Waals surface area (Å²) in [6, 6.07) is 24.0. The molecule has 0 bridgehead atoms. The van der Waals surface area contributed by atoms with Crippen molar-refractivity contribution < 1.29 is 5.11 Å². The Morgan fingerprint density at radius 1 is 0.815 bits per heavy atom. The molecule has 5 rings (SSSR count). The molecule has 1 N–H and O–H groups in total. The highest BCUT2D eigenvalue weighted by Gasteiger charge is 2.17. The van der Waals surface area contributed by atoms with Crippen LogP contribution in [-0.2, 0) is 0 Å². The van der Waals surface area contributed by atoms with Gasteiger partial charge in [0.1, 0.15) is 5.75 Å². The number of phenolic OH excluding ortho intramolecular Hbond substituents is 1. The fourth-order valence-electron chi connectivity index (χ4n) is 3.40. The van der Waals surface area contributed by atoms with Crippen LogP contribution in [0, 0.1) is 0 Å². The molecule has 0 spiro atoms. The SMILES string of the molecule is O=c1c2ccccc2nc2n(-c3ccccc3O)cc(-c3ccccc3)n12. The molecule has 0 fully saturated rings. The van der Waals surface area contributed by atoms with Gasteiger partial charge in [-0.3, -0.25) is 9.36 Å². The Hall–Kier alpha value is -3.86. The summed E-state index contributed by atoms with van der Waals surface area (Å²) >= 11 is 0. The second-order valence-corrected chi connectivity index (χ2v) is 6.31. The Balaban J connectivity index is 1.97. The van der Waals surface area contributed by atoms with Crippen LogP contribution in [0.1, 0.15) is 0 Å². The van der Waals surface area contributed by atoms with Gasteiger partial charge >= 0.3 is 0 Å². The molecule has 2 heterocycles. The van der Waals surface area contributed by atoms with Gasteiger partial charge in [-0.25, -0.2) is 9.38 Å². The van der Waals surface area contributed by atoms with E-state index in [9.17, 15) is 9.90 Å². The molecular weight excluding hydrogens is 338 g/mol. The minimum atomic E-state index is -0.136. The van der Waals surface area contributed by atoms with E-state index in [2.05, 4.69) is 0 Å². The molecule has 0 aliphatic heterocycles. The Morgan fingerprint density at radius 3 is 2.33 bits per heavy atom. The minimum absolute atomic E-state index is 0.122. The van der Waals surface area contributed by atoms with Crippen molar-refractivity contribution in [3.63, 3.8) is 0 Å². The van der Waals surface area contributed by atoms with Gasteiger partial charge in [-0.1, -0.05) is 54.6 Å². The summed E-state index contributed by atoms with van der Waals surface area (Å²) in [6.45, 7) is 0. The van der Waals surface area contributed by atoms with Gasteiger partial charge in [0, 0.05) is 11.8 Å². The molecule has 0 atom stereocenters. The van der Waals surface area contributed by atoms with Crippen LogP contribution >= 0.6 is 0 Å². The Morgan fingerprint density at radius 2 is 1.52 bits per heavy atom. The number of hydrogen-bond acceptors (Lipinski definition) is 3. The molecule has 5 aromatic rings. The van der Waals surface area contributed by atoms with Crippen molar-refractivity contribution in [3.8, 4) is 22.7 Å². The monoisotopic (exact) mass is 353 g/mol. The van der Waals surface area contributed by atoms with Crippen molar-refractivity contribution in [1.29, 1.82) is 0 Å². The highest BCUT2D eigenvalue weighted by Crippen LogP contribution is 2.28. The van der Waals surface area contributed by atoms with Gasteiger partial charge in [-0.2, -0.15) is 0 Å². The highest BCUT2D eigenvalue weighted by atomic mass is 16.3. The Labute approximate surface area is 154 Å². The van der Waals surface area contributed by atoms with Crippen LogP contribution in [0.3, 0.4) is 0 Å². The lowest BCUT2D eigenvalue weighted by Crippen LogP contribution is -2.16. The quantitative estimate of drug-likeness (QED) is 0.522. The summed E-state index contributed by atoms with van der Waals surface area (Å²) in [4.78, 5) is 18.0. The van der Waals surface area contributed by atoms with Crippen molar-refractivity contribution in [2.45, 2.75) is 0 Å². The number of nitrogens with zero attached hydrogens (tertiary/aromatic N) is 3. The van der Waals surface area contributed by atoms with Crippen molar-refractivity contribution in [3.05, 3.63) is 95.4 Å². The van der Waals surface area contributed by atoms with Crippen LogP contribution < -0.4 is 5.56 Å². The molecule has 0 aliphatic rings. The maximum absolute atomic E-state index is 13.3. The number of para-hydroxylation sites is 3. The maximum atomic E-state index is 13.3. The number of aromatic hydroxyl groups is 1. The van der Waals surface area contributed by atoms with Crippen LogP contribution in [0.4, 0.5) is 0 Å². The molecule has 0 aliphatic carbocycles. The fourth-order valence-corrected chi connectivity index (χ4v) is 3.40. The van der Waals surface area contributed by atoms with Crippen LogP contribution in [0.15, 0.2) is 89.9 Å². The maximum Gasteiger partial charge on any atom is 0.267 e. The lowest BCUT2D eigenvalue weighted by molar-refractivity contribution is 0.472. The number of benzene rings is 3. The first kappa shape index (κ1) is 15.4. The molecule has 2 aromatic heterocycles. The number of fused-ring (bicyclic) bond motifs is 2. The van der Waals surface area contributed by atoms with Crippen molar-refractivity contribution in [2.75, 3.05) is 0 Å². The molecular formula is C22H15N3O2. The van der Waals surface area contributed by atoms with Gasteiger partial charge < -0.3 is 5.11 Å². The lowest BCUT2D eigenvalue weighted by atomic mass is 10.1. The molecule has 27 heavy (non-hydrogen) atoms. The predicted molar refractivity (Wildman–Crippen MR) is 105 cm³/mol. The number of phenols is 1. The topological polar surface area (TPSA) is 59.5 Å². The first-order valence-electron chi connectivity index (χ1n) is 8.61. The van der Waals surface area contributed by atoms with E-state index in [0.29, 0.717) is 22.4 Å². The van der Waals surface area contributed by atoms with Crippen LogP contribution in [0.5, 0.6) is 5.75 Å². The van der Waals surface area contributed by atoms with E-state index in [4.69, 9.17) is 4.98 Å². The number of imidazole rings is 1. The number of aromatic nitrogens is 3. The Bertz CT molecular complexity index is 1350. The summed E-state index contributed by atoms with van der Waals surface area (Å²) in [7, 11) is 0. The van der Waals surface area contributed by atoms with Gasteiger partial charge in [-0.05, 0) is 24.3 Å². The minimum Gasteiger partial charge on any atom is -0.506 e. The third kappa shape index (κ3) is 2.33. The van der Waals surface area contributed by atoms with Crippen molar-refractivity contribution in [1.82, 2.24) is 14.0 Å². The predicted octanol–water partition coefficient (Wildman–Crippen LogP) is 4.01. The van der Waals surface area contributed by atoms with E-state index in [1.165, 1.54) is 0 Å². The molecule has 0 radical (unpaired) electrons. The Kier molecular flexibility index (Phi) is 3.33. The second-order valence-electron chi connectivity index (χ2n) is 6.31. The third-order valence-corrected chi connectivity index (χ3v) is 4.68. The van der Waals surface area contributed by atoms with Crippen LogP contribution in [0.25, 0.3) is 33.6 Å². The van der Waals surface area contributed by atoms with Gasteiger partial charge in [0.25, 0.3) is 5.56 Å². The largest absolute Gasteiger partial charge is 0.506 e. The number of hydrogen-bond donors (Lipinski definition) is 1. The van der Waals surface area contributed by atoms with E-state index >= 15 is 0 Å². The molecule has 0 unspecified atom stereocenters. The van der Waals surface area contributed by atoms with E-state index in [1.54, 1.807) is 33.2 Å². The first-order chi connectivity index (χ1) is 13.2. The standard InChI is InChI=1S/C22H15N3O2/c26-20-13-7-6-12-18(20)24-14-19(15-8-2-1-3-9-15)25-21(27)16-10-4-5-11-17(16)23-22(24)25/h1-14,26H. The van der Waals surface area contributed by atoms with Crippen molar-refractivity contribution >= 4 is 16.7 Å². The average Bonchev–Trinajstić information content (AvgIpc) is 3.09. The van der Waals surface area contributed by atoms with Crippen LogP contribution in [-0.4, -0.2) is 19.1 Å². The van der Waals surface area contributed by atoms with Gasteiger partial charge in [0.15, 0.2) is 0 Å². The van der Waals surface area contributed by atoms with E-state index < -0.39 is 0 Å². The first-order valence-corrected chi connectivity index (χ1v) is 8.61. The lowest BCUT2D eigenvalue weighted by Gasteiger charge is -2.07. The zero-order valence-electron chi connectivity index (χ0n) is 14.3. The highest BCUT2D eigenvalue weighted by molar-refractivity contribution is 5.81. The van der Waals surface area contributed by atoms with E-state index in [-0.39, 0.29) is 11.3 Å². The normalized spacial score (nSPS) is 11.3. The molecule has 5 nitrogen and oxygen atoms in total. The van der Waals surface area contributed by atoms with E-state index in [1.807, 2.05) is 60.8 Å². The molecule has 0 amide bonds. The fraction of sp³-hybridized carbons (Fsp3) is 0. The second kappa shape index (κ2) is 5.85. The summed E-state index contributed by atoms with van der Waals surface area (Å²) < 4.78 is 3.36. The van der Waals surface area contributed by atoms with Crippen LogP contribution in [0.2, 0.25) is 0 Å². The number of rotatable bonds is 2. The average molecular weight is 353 g/mol. The summed E-state index contributed by atoms with van der Waals surface area (Å²) in [5.41, 5.74) is 2.67. The van der Waals surface area contributed by atoms with Gasteiger partial charge in [0.05, 0.1) is 22.3 Å². The zero-order valence-corrected chi connectivity index (χ0v) is 14.3. The van der Waals surface area contributed by atoms with Gasteiger partial charge in [-0.15, -0.1) is 0 Å². The zero-order chi connectivity index (χ0) is 18.4. The molecule has 5 heteroatoms. The smallest absolute Gasteiger partial charge is 0.267 e. The molecule has 0 saturated carbocycles. The van der Waals surface area contributed by atoms with E-state index in [0.717, 1.165) is 11.3 Å². The summed E-state index contributed by atoms with van der Waals surface area (Å²) in [5, 5.41) is 10.9. The molecule has 0 saturated heterocycles. The van der Waals surface area contributed by atoms with Crippen molar-refractivity contribution in [2.24, 2.45) is 0 Å². The summed E-state index contributed by atoms with van der Waals surface area (Å²) in [5.74, 6) is 0.580. The molecule has 130 valence electrons.